The van der Waals surface area contributed by atoms with Crippen LogP contribution >= 0.6 is 11.6 Å². The first-order valence-corrected chi connectivity index (χ1v) is 6.51. The minimum atomic E-state index is 0.337. The van der Waals surface area contributed by atoms with Gasteiger partial charge in [-0.1, -0.05) is 16.8 Å². The Labute approximate surface area is 110 Å². The van der Waals surface area contributed by atoms with Gasteiger partial charge in [-0.15, -0.1) is 0 Å². The molecule has 2 atom stereocenters. The molecule has 96 valence electrons. The minimum absolute atomic E-state index is 0.337. The number of nitrogens with zero attached hydrogens (tertiary/aromatic N) is 2. The number of hydrogen-bond acceptors (Lipinski definition) is 4. The second-order valence-electron chi connectivity index (χ2n) is 4.77. The highest BCUT2D eigenvalue weighted by Crippen LogP contribution is 2.26. The Kier molecular flexibility index (Phi) is 3.09. The molecule has 3 rings (SSSR count). The van der Waals surface area contributed by atoms with Crippen LogP contribution in [0, 0.1) is 0 Å². The van der Waals surface area contributed by atoms with Crippen molar-refractivity contribution in [3.63, 3.8) is 0 Å². The summed E-state index contributed by atoms with van der Waals surface area (Å²) < 4.78 is 5.27. The summed E-state index contributed by atoms with van der Waals surface area (Å²) in [6.07, 6.45) is 3.94. The molecule has 0 amide bonds. The Hall–Kier alpha value is -1.33. The van der Waals surface area contributed by atoms with Gasteiger partial charge in [0.25, 0.3) is 5.89 Å². The topological polar surface area (TPSA) is 66.7 Å². The van der Waals surface area contributed by atoms with Crippen LogP contribution in [0.5, 0.6) is 0 Å². The summed E-state index contributed by atoms with van der Waals surface area (Å²) in [5.41, 5.74) is 0.760. The monoisotopic (exact) mass is 266 g/mol. The molecule has 1 saturated heterocycles. The maximum absolute atomic E-state index is 5.85. The maximum Gasteiger partial charge on any atom is 0.274 e. The molecule has 1 fully saturated rings. The van der Waals surface area contributed by atoms with Gasteiger partial charge in [0.2, 0.25) is 0 Å². The fraction of sp³-hybridized carbons (Fsp3) is 0.500. The second kappa shape index (κ2) is 4.74. The van der Waals surface area contributed by atoms with Gasteiger partial charge in [-0.3, -0.25) is 0 Å². The van der Waals surface area contributed by atoms with E-state index in [0.717, 1.165) is 30.9 Å². The summed E-state index contributed by atoms with van der Waals surface area (Å²) in [4.78, 5) is 7.44. The highest BCUT2D eigenvalue weighted by molar-refractivity contribution is 6.30. The van der Waals surface area contributed by atoms with Gasteiger partial charge in [-0.25, -0.2) is 0 Å². The lowest BCUT2D eigenvalue weighted by atomic mass is 9.95. The predicted molar refractivity (Wildman–Crippen MR) is 68.5 cm³/mol. The fourth-order valence-corrected chi connectivity index (χ4v) is 2.38. The van der Waals surface area contributed by atoms with Crippen molar-refractivity contribution < 1.29 is 4.52 Å². The molecule has 0 aliphatic carbocycles. The van der Waals surface area contributed by atoms with Crippen molar-refractivity contribution in [1.82, 2.24) is 20.4 Å². The SMILES string of the molecule is CC1CCC(c2noc(-c3cc(Cl)c[nH]3)n2)CN1. The molecule has 0 bridgehead atoms. The zero-order chi connectivity index (χ0) is 12.5. The Morgan fingerprint density at radius 2 is 2.33 bits per heavy atom. The highest BCUT2D eigenvalue weighted by atomic mass is 35.5. The van der Waals surface area contributed by atoms with Crippen molar-refractivity contribution in [1.29, 1.82) is 0 Å². The molecular weight excluding hydrogens is 252 g/mol. The molecule has 0 saturated carbocycles. The van der Waals surface area contributed by atoms with Gasteiger partial charge in [0.15, 0.2) is 5.82 Å². The first kappa shape index (κ1) is 11.7. The normalized spacial score (nSPS) is 24.3. The van der Waals surface area contributed by atoms with Crippen LogP contribution in [-0.4, -0.2) is 27.7 Å². The Balaban J connectivity index is 1.77. The van der Waals surface area contributed by atoms with E-state index in [1.165, 1.54) is 0 Å². The van der Waals surface area contributed by atoms with Crippen molar-refractivity contribution in [2.75, 3.05) is 6.54 Å². The van der Waals surface area contributed by atoms with Crippen molar-refractivity contribution in [3.8, 4) is 11.6 Å². The number of piperidine rings is 1. The van der Waals surface area contributed by atoms with Crippen LogP contribution in [-0.2, 0) is 0 Å². The van der Waals surface area contributed by atoms with Crippen LogP contribution in [0.25, 0.3) is 11.6 Å². The zero-order valence-corrected chi connectivity index (χ0v) is 10.9. The zero-order valence-electron chi connectivity index (χ0n) is 10.1. The van der Waals surface area contributed by atoms with E-state index in [2.05, 4.69) is 27.4 Å². The van der Waals surface area contributed by atoms with Gasteiger partial charge < -0.3 is 14.8 Å². The lowest BCUT2D eigenvalue weighted by Crippen LogP contribution is -2.36. The van der Waals surface area contributed by atoms with E-state index in [0.29, 0.717) is 22.9 Å². The van der Waals surface area contributed by atoms with Gasteiger partial charge >= 0.3 is 0 Å². The van der Waals surface area contributed by atoms with Crippen LogP contribution in [0.3, 0.4) is 0 Å². The molecule has 6 heteroatoms. The molecule has 2 unspecified atom stereocenters. The molecule has 0 radical (unpaired) electrons. The third-order valence-corrected chi connectivity index (χ3v) is 3.56. The van der Waals surface area contributed by atoms with E-state index in [4.69, 9.17) is 16.1 Å². The molecule has 1 aliphatic rings. The largest absolute Gasteiger partial charge is 0.356 e. The third-order valence-electron chi connectivity index (χ3n) is 3.35. The molecule has 18 heavy (non-hydrogen) atoms. The van der Waals surface area contributed by atoms with Gasteiger partial charge in [0.05, 0.1) is 5.02 Å². The van der Waals surface area contributed by atoms with E-state index in [-0.39, 0.29) is 0 Å². The number of hydrogen-bond donors (Lipinski definition) is 2. The number of nitrogens with one attached hydrogen (secondary N) is 2. The molecule has 0 spiro atoms. The standard InChI is InChI=1S/C12H15ClN4O/c1-7-2-3-8(5-14-7)11-16-12(18-17-11)10-4-9(13)6-15-10/h4,6-8,14-15H,2-3,5H2,1H3. The molecule has 0 aromatic carbocycles. The van der Waals surface area contributed by atoms with Crippen molar-refractivity contribution >= 4 is 11.6 Å². The van der Waals surface area contributed by atoms with E-state index in [1.54, 1.807) is 12.3 Å². The van der Waals surface area contributed by atoms with Gasteiger partial charge in [-0.05, 0) is 25.8 Å². The first-order valence-electron chi connectivity index (χ1n) is 6.13. The maximum atomic E-state index is 5.85. The van der Waals surface area contributed by atoms with Crippen molar-refractivity contribution in [2.45, 2.75) is 31.7 Å². The number of aromatic amines is 1. The number of H-pyrrole nitrogens is 1. The Morgan fingerprint density at radius 1 is 1.44 bits per heavy atom. The molecule has 2 aromatic rings. The van der Waals surface area contributed by atoms with E-state index in [1.807, 2.05) is 0 Å². The summed E-state index contributed by atoms with van der Waals surface area (Å²) in [6, 6.07) is 2.36. The minimum Gasteiger partial charge on any atom is -0.356 e. The van der Waals surface area contributed by atoms with Crippen molar-refractivity contribution in [2.24, 2.45) is 0 Å². The second-order valence-corrected chi connectivity index (χ2v) is 5.21. The van der Waals surface area contributed by atoms with Crippen LogP contribution in [0.1, 0.15) is 31.5 Å². The predicted octanol–water partition coefficient (Wildman–Crippen LogP) is 2.57. The summed E-state index contributed by atoms with van der Waals surface area (Å²) in [6.45, 7) is 3.10. The number of rotatable bonds is 2. The lowest BCUT2D eigenvalue weighted by molar-refractivity contribution is 0.358. The van der Waals surface area contributed by atoms with Crippen LogP contribution in [0.15, 0.2) is 16.8 Å². The Morgan fingerprint density at radius 3 is 3.00 bits per heavy atom. The molecule has 2 N–H and O–H groups in total. The van der Waals surface area contributed by atoms with Crippen LogP contribution in [0.4, 0.5) is 0 Å². The third kappa shape index (κ3) is 2.28. The average molecular weight is 267 g/mol. The molecule has 2 aromatic heterocycles. The highest BCUT2D eigenvalue weighted by Gasteiger charge is 2.24. The summed E-state index contributed by atoms with van der Waals surface area (Å²) >= 11 is 5.85. The first-order chi connectivity index (χ1) is 8.72. The van der Waals surface area contributed by atoms with E-state index >= 15 is 0 Å². The Bertz CT molecular complexity index is 528. The van der Waals surface area contributed by atoms with Crippen LogP contribution in [0.2, 0.25) is 5.02 Å². The van der Waals surface area contributed by atoms with Gasteiger partial charge in [0.1, 0.15) is 5.69 Å². The smallest absolute Gasteiger partial charge is 0.274 e. The number of aromatic nitrogens is 3. The lowest BCUT2D eigenvalue weighted by Gasteiger charge is -2.25. The molecular formula is C12H15ClN4O. The molecule has 5 nitrogen and oxygen atoms in total. The van der Waals surface area contributed by atoms with Gasteiger partial charge in [-0.2, -0.15) is 4.98 Å². The quantitative estimate of drug-likeness (QED) is 0.877. The molecule has 3 heterocycles. The van der Waals surface area contributed by atoms with E-state index < -0.39 is 0 Å². The van der Waals surface area contributed by atoms with Gasteiger partial charge in [0, 0.05) is 24.7 Å². The molecule has 1 aliphatic heterocycles. The average Bonchev–Trinajstić information content (AvgIpc) is 2.98. The van der Waals surface area contributed by atoms with Crippen molar-refractivity contribution in [3.05, 3.63) is 23.1 Å². The summed E-state index contributed by atoms with van der Waals surface area (Å²) in [5.74, 6) is 1.61. The summed E-state index contributed by atoms with van der Waals surface area (Å²) in [7, 11) is 0. The summed E-state index contributed by atoms with van der Waals surface area (Å²) in [5, 5.41) is 8.13. The number of halogens is 1. The van der Waals surface area contributed by atoms with E-state index in [9.17, 15) is 0 Å². The van der Waals surface area contributed by atoms with Crippen LogP contribution < -0.4 is 5.32 Å². The fourth-order valence-electron chi connectivity index (χ4n) is 2.22.